The van der Waals surface area contributed by atoms with Crippen LogP contribution in [0.4, 0.5) is 5.69 Å². The minimum atomic E-state index is -0.388. The van der Waals surface area contributed by atoms with Crippen LogP contribution < -0.4 is 10.1 Å². The van der Waals surface area contributed by atoms with Gasteiger partial charge in [0, 0.05) is 11.3 Å². The van der Waals surface area contributed by atoms with Crippen LogP contribution in [0.3, 0.4) is 0 Å². The van der Waals surface area contributed by atoms with Gasteiger partial charge in [0.25, 0.3) is 0 Å². The zero-order valence-corrected chi connectivity index (χ0v) is 18.0. The second kappa shape index (κ2) is 9.49. The molecule has 0 fully saturated rings. The zero-order chi connectivity index (χ0) is 21.6. The molecular formula is C24H22N4O2S. The van der Waals surface area contributed by atoms with Crippen molar-refractivity contribution in [2.24, 2.45) is 0 Å². The number of aromatic nitrogens is 3. The molecule has 0 aliphatic carbocycles. The number of carbonyl (C=O) groups excluding carboxylic acids is 1. The average Bonchev–Trinajstić information content (AvgIpc) is 3.27. The predicted molar refractivity (Wildman–Crippen MR) is 124 cm³/mol. The summed E-state index contributed by atoms with van der Waals surface area (Å²) in [6.45, 7) is 1.85. The standard InChI is InChI=1S/C24H22N4O2S/c1-17(31-24-27-25-16-28(24)21-14-8-9-15-22(21)30-2)23(29)26-20-13-7-6-12-19(20)18-10-4-3-5-11-18/h3-17H,1-2H3,(H,26,29)/t17-/m0/s1. The molecule has 0 radical (unpaired) electrons. The maximum absolute atomic E-state index is 13.0. The van der Waals surface area contributed by atoms with E-state index in [0.717, 1.165) is 22.5 Å². The number of rotatable bonds is 7. The average molecular weight is 431 g/mol. The summed E-state index contributed by atoms with van der Waals surface area (Å²) in [6, 6.07) is 25.4. The van der Waals surface area contributed by atoms with Crippen molar-refractivity contribution in [3.63, 3.8) is 0 Å². The largest absolute Gasteiger partial charge is 0.495 e. The lowest BCUT2D eigenvalue weighted by Crippen LogP contribution is -2.23. The Balaban J connectivity index is 1.52. The smallest absolute Gasteiger partial charge is 0.237 e. The van der Waals surface area contributed by atoms with Gasteiger partial charge in [-0.3, -0.25) is 9.36 Å². The van der Waals surface area contributed by atoms with Gasteiger partial charge in [0.2, 0.25) is 5.91 Å². The summed E-state index contributed by atoms with van der Waals surface area (Å²) in [5.41, 5.74) is 3.62. The number of ether oxygens (including phenoxy) is 1. The summed E-state index contributed by atoms with van der Waals surface area (Å²) in [5, 5.41) is 11.5. The van der Waals surface area contributed by atoms with E-state index in [1.165, 1.54) is 11.8 Å². The number of carbonyl (C=O) groups is 1. The number of thioether (sulfide) groups is 1. The molecule has 0 saturated carbocycles. The number of hydrogen-bond acceptors (Lipinski definition) is 5. The molecule has 0 aliphatic heterocycles. The van der Waals surface area contributed by atoms with E-state index in [1.54, 1.807) is 13.4 Å². The Labute approximate surface area is 185 Å². The first-order valence-electron chi connectivity index (χ1n) is 9.82. The third kappa shape index (κ3) is 4.62. The predicted octanol–water partition coefficient (Wildman–Crippen LogP) is 5.06. The quantitative estimate of drug-likeness (QED) is 0.415. The van der Waals surface area contributed by atoms with Gasteiger partial charge in [-0.05, 0) is 30.7 Å². The second-order valence-corrected chi connectivity index (χ2v) is 8.12. The van der Waals surface area contributed by atoms with Crippen molar-refractivity contribution in [3.05, 3.63) is 85.2 Å². The molecule has 0 spiro atoms. The fourth-order valence-corrected chi connectivity index (χ4v) is 4.04. The van der Waals surface area contributed by atoms with E-state index in [0.29, 0.717) is 10.9 Å². The molecule has 1 aromatic heterocycles. The van der Waals surface area contributed by atoms with Gasteiger partial charge in [0.1, 0.15) is 12.1 Å². The van der Waals surface area contributed by atoms with Gasteiger partial charge >= 0.3 is 0 Å². The SMILES string of the molecule is COc1ccccc1-n1cnnc1S[C@@H](C)C(=O)Nc1ccccc1-c1ccccc1. The van der Waals surface area contributed by atoms with Crippen molar-refractivity contribution in [1.29, 1.82) is 0 Å². The Morgan fingerprint density at radius 3 is 2.52 bits per heavy atom. The van der Waals surface area contributed by atoms with Crippen LogP contribution >= 0.6 is 11.8 Å². The lowest BCUT2D eigenvalue weighted by molar-refractivity contribution is -0.115. The minimum absolute atomic E-state index is 0.108. The van der Waals surface area contributed by atoms with Crippen molar-refractivity contribution in [2.75, 3.05) is 12.4 Å². The Hall–Kier alpha value is -3.58. The Bertz CT molecular complexity index is 1180. The van der Waals surface area contributed by atoms with Crippen LogP contribution in [0.5, 0.6) is 5.75 Å². The highest BCUT2D eigenvalue weighted by molar-refractivity contribution is 8.00. The second-order valence-electron chi connectivity index (χ2n) is 6.82. The zero-order valence-electron chi connectivity index (χ0n) is 17.2. The lowest BCUT2D eigenvalue weighted by Gasteiger charge is -2.15. The van der Waals surface area contributed by atoms with Crippen LogP contribution in [-0.4, -0.2) is 33.0 Å². The van der Waals surface area contributed by atoms with Crippen LogP contribution in [-0.2, 0) is 4.79 Å². The first kappa shape index (κ1) is 20.7. The summed E-state index contributed by atoms with van der Waals surface area (Å²) in [5.74, 6) is 0.598. The summed E-state index contributed by atoms with van der Waals surface area (Å²) >= 11 is 1.34. The molecule has 31 heavy (non-hydrogen) atoms. The van der Waals surface area contributed by atoms with Gasteiger partial charge in [-0.2, -0.15) is 0 Å². The molecule has 4 aromatic rings. The number of methoxy groups -OCH3 is 1. The topological polar surface area (TPSA) is 69.0 Å². The van der Waals surface area contributed by atoms with Gasteiger partial charge in [-0.15, -0.1) is 10.2 Å². The number of para-hydroxylation sites is 3. The number of nitrogens with one attached hydrogen (secondary N) is 1. The van der Waals surface area contributed by atoms with Crippen molar-refractivity contribution < 1.29 is 9.53 Å². The molecule has 0 saturated heterocycles. The molecule has 1 amide bonds. The van der Waals surface area contributed by atoms with Crippen molar-refractivity contribution in [3.8, 4) is 22.6 Å². The maximum Gasteiger partial charge on any atom is 0.237 e. The summed E-state index contributed by atoms with van der Waals surface area (Å²) in [6.07, 6.45) is 1.62. The summed E-state index contributed by atoms with van der Waals surface area (Å²) < 4.78 is 7.27. The fourth-order valence-electron chi connectivity index (χ4n) is 3.21. The van der Waals surface area contributed by atoms with E-state index in [4.69, 9.17) is 4.74 Å². The van der Waals surface area contributed by atoms with Crippen molar-refractivity contribution in [2.45, 2.75) is 17.3 Å². The number of nitrogens with zero attached hydrogens (tertiary/aromatic N) is 3. The van der Waals surface area contributed by atoms with Crippen molar-refractivity contribution >= 4 is 23.4 Å². The number of benzene rings is 3. The minimum Gasteiger partial charge on any atom is -0.495 e. The van der Waals surface area contributed by atoms with Crippen molar-refractivity contribution in [1.82, 2.24) is 14.8 Å². The molecule has 0 bridgehead atoms. The van der Waals surface area contributed by atoms with E-state index >= 15 is 0 Å². The van der Waals surface area contributed by atoms with E-state index in [2.05, 4.69) is 15.5 Å². The molecule has 0 unspecified atom stereocenters. The third-order valence-electron chi connectivity index (χ3n) is 4.78. The normalized spacial score (nSPS) is 11.7. The van der Waals surface area contributed by atoms with Gasteiger partial charge in [0.15, 0.2) is 5.16 Å². The number of anilines is 1. The monoisotopic (exact) mass is 430 g/mol. The van der Waals surface area contributed by atoms with Gasteiger partial charge < -0.3 is 10.1 Å². The number of amides is 1. The third-order valence-corrected chi connectivity index (χ3v) is 5.84. The van der Waals surface area contributed by atoms with Gasteiger partial charge in [-0.25, -0.2) is 0 Å². The van der Waals surface area contributed by atoms with Crippen LogP contribution in [0.1, 0.15) is 6.92 Å². The highest BCUT2D eigenvalue weighted by atomic mass is 32.2. The maximum atomic E-state index is 13.0. The molecular weight excluding hydrogens is 408 g/mol. The highest BCUT2D eigenvalue weighted by Crippen LogP contribution is 2.31. The van der Waals surface area contributed by atoms with Crippen LogP contribution in [0.25, 0.3) is 16.8 Å². The van der Waals surface area contributed by atoms with Crippen LogP contribution in [0, 0.1) is 0 Å². The highest BCUT2D eigenvalue weighted by Gasteiger charge is 2.20. The lowest BCUT2D eigenvalue weighted by atomic mass is 10.0. The molecule has 1 heterocycles. The summed E-state index contributed by atoms with van der Waals surface area (Å²) in [4.78, 5) is 13.0. The van der Waals surface area contributed by atoms with Gasteiger partial charge in [-0.1, -0.05) is 72.4 Å². The summed E-state index contributed by atoms with van der Waals surface area (Å²) in [7, 11) is 1.62. The molecule has 156 valence electrons. The van der Waals surface area contributed by atoms with Crippen LogP contribution in [0.2, 0.25) is 0 Å². The van der Waals surface area contributed by atoms with Gasteiger partial charge in [0.05, 0.1) is 18.0 Å². The molecule has 0 aliphatic rings. The Morgan fingerprint density at radius 2 is 1.71 bits per heavy atom. The van der Waals surface area contributed by atoms with Crippen LogP contribution in [0.15, 0.2) is 90.3 Å². The van der Waals surface area contributed by atoms with E-state index in [-0.39, 0.29) is 11.2 Å². The molecule has 1 N–H and O–H groups in total. The van der Waals surface area contributed by atoms with E-state index in [9.17, 15) is 4.79 Å². The van der Waals surface area contributed by atoms with E-state index < -0.39 is 0 Å². The molecule has 3 aromatic carbocycles. The Kier molecular flexibility index (Phi) is 6.33. The molecule has 1 atom stereocenters. The molecule has 4 rings (SSSR count). The molecule has 6 nitrogen and oxygen atoms in total. The first-order valence-corrected chi connectivity index (χ1v) is 10.7. The Morgan fingerprint density at radius 1 is 1.00 bits per heavy atom. The van der Waals surface area contributed by atoms with E-state index in [1.807, 2.05) is 90.4 Å². The fraction of sp³-hybridized carbons (Fsp3) is 0.125. The number of hydrogen-bond donors (Lipinski definition) is 1. The molecule has 7 heteroatoms. The first-order chi connectivity index (χ1) is 15.2.